The summed E-state index contributed by atoms with van der Waals surface area (Å²) in [5.41, 5.74) is 1.86. The van der Waals surface area contributed by atoms with Crippen LogP contribution in [-0.2, 0) is 0 Å². The van der Waals surface area contributed by atoms with Crippen molar-refractivity contribution in [1.82, 2.24) is 5.48 Å². The van der Waals surface area contributed by atoms with Gasteiger partial charge in [-0.1, -0.05) is 0 Å². The van der Waals surface area contributed by atoms with E-state index in [1.165, 1.54) is 0 Å². The van der Waals surface area contributed by atoms with Crippen molar-refractivity contribution in [3.05, 3.63) is 0 Å². The summed E-state index contributed by atoms with van der Waals surface area (Å²) in [5, 5.41) is 7.95. The Morgan fingerprint density at radius 3 is 2.14 bits per heavy atom. The first-order valence-corrected chi connectivity index (χ1v) is 1.64. The first-order chi connectivity index (χ1) is 2.81. The minimum Gasteiger partial charge on any atom is -0.290 e. The van der Waals surface area contributed by atoms with Crippen molar-refractivity contribution in [1.29, 1.82) is 0 Å². The number of aliphatic imine (C=N–C) groups is 1. The second-order valence-electron chi connectivity index (χ2n) is 0.921. The fourth-order valence-corrected chi connectivity index (χ4v) is 0.0500. The van der Waals surface area contributed by atoms with E-state index >= 15 is 0 Å². The third kappa shape index (κ3) is 5.72. The van der Waals surface area contributed by atoms with Gasteiger partial charge in [0.15, 0.2) is 0 Å². The number of hydrogen-bond acceptors (Lipinski definition) is 2. The third-order valence-corrected chi connectivity index (χ3v) is 0.497. The topological polar surface area (TPSA) is 44.6 Å². The molecule has 0 radical (unpaired) electrons. The molecule has 0 atom stereocenters. The maximum atomic E-state index is 7.95. The number of rotatable bonds is 0. The Morgan fingerprint density at radius 1 is 1.71 bits per heavy atom. The first-order valence-electron chi connectivity index (χ1n) is 1.64. The van der Waals surface area contributed by atoms with Gasteiger partial charge in [-0.2, -0.15) is 0 Å². The van der Waals surface area contributed by atoms with Crippen LogP contribution in [0.4, 0.5) is 0 Å². The minimum atomic E-state index is 0. The van der Waals surface area contributed by atoms with Crippen LogP contribution in [-0.4, -0.2) is 18.1 Å². The van der Waals surface area contributed by atoms with E-state index in [0.29, 0.717) is 5.84 Å². The molecule has 7 heavy (non-hydrogen) atoms. The summed E-state index contributed by atoms with van der Waals surface area (Å²) in [7, 11) is 1.60. The highest BCUT2D eigenvalue weighted by Gasteiger charge is 1.73. The lowest BCUT2D eigenvalue weighted by molar-refractivity contribution is 0.233. The summed E-state index contributed by atoms with van der Waals surface area (Å²) in [6.07, 6.45) is 0. The maximum Gasteiger partial charge on any atom is 0.117 e. The lowest BCUT2D eigenvalue weighted by Crippen LogP contribution is -2.13. The van der Waals surface area contributed by atoms with E-state index in [2.05, 4.69) is 4.99 Å². The monoisotopic (exact) mass is 124 g/mol. The molecule has 0 aliphatic carbocycles. The summed E-state index contributed by atoms with van der Waals surface area (Å²) in [4.78, 5) is 3.56. The Hall–Kier alpha value is -0.280. The van der Waals surface area contributed by atoms with Gasteiger partial charge in [-0.3, -0.25) is 15.7 Å². The van der Waals surface area contributed by atoms with Gasteiger partial charge in [0.2, 0.25) is 0 Å². The minimum absolute atomic E-state index is 0. The summed E-state index contributed by atoms with van der Waals surface area (Å²) in [5.74, 6) is 0.523. The van der Waals surface area contributed by atoms with Gasteiger partial charge in [-0.05, 0) is 6.92 Å². The predicted octanol–water partition coefficient (Wildman–Crippen LogP) is 0.435. The van der Waals surface area contributed by atoms with Gasteiger partial charge < -0.3 is 0 Å². The van der Waals surface area contributed by atoms with Crippen LogP contribution in [0.2, 0.25) is 0 Å². The van der Waals surface area contributed by atoms with Gasteiger partial charge in [0, 0.05) is 7.05 Å². The van der Waals surface area contributed by atoms with Gasteiger partial charge in [0.1, 0.15) is 5.84 Å². The average molecular weight is 125 g/mol. The highest BCUT2D eigenvalue weighted by atomic mass is 35.5. The molecule has 0 aliphatic rings. The van der Waals surface area contributed by atoms with Crippen LogP contribution in [0.1, 0.15) is 6.92 Å². The first kappa shape index (κ1) is 9.87. The van der Waals surface area contributed by atoms with Crippen molar-refractivity contribution in [3.8, 4) is 0 Å². The van der Waals surface area contributed by atoms with Gasteiger partial charge >= 0.3 is 0 Å². The second kappa shape index (κ2) is 5.72. The van der Waals surface area contributed by atoms with Crippen molar-refractivity contribution in [2.24, 2.45) is 4.99 Å². The number of hydroxylamine groups is 1. The highest BCUT2D eigenvalue weighted by molar-refractivity contribution is 5.85. The number of halogens is 1. The Labute approximate surface area is 48.8 Å². The molecule has 0 unspecified atom stereocenters. The molecule has 0 saturated carbocycles. The number of hydrogen-bond donors (Lipinski definition) is 2. The van der Waals surface area contributed by atoms with Gasteiger partial charge in [-0.15, -0.1) is 12.4 Å². The Morgan fingerprint density at radius 2 is 2.14 bits per heavy atom. The average Bonchev–Trinajstić information content (AvgIpc) is 1.65. The van der Waals surface area contributed by atoms with E-state index < -0.39 is 0 Å². The van der Waals surface area contributed by atoms with Crippen molar-refractivity contribution < 1.29 is 5.21 Å². The largest absolute Gasteiger partial charge is 0.290 e. The quantitative estimate of drug-likeness (QED) is 0.280. The molecule has 0 rings (SSSR count). The molecule has 0 aliphatic heterocycles. The van der Waals surface area contributed by atoms with Gasteiger partial charge in [0.05, 0.1) is 0 Å². The summed E-state index contributed by atoms with van der Waals surface area (Å²) in [6, 6.07) is 0. The zero-order chi connectivity index (χ0) is 4.99. The summed E-state index contributed by atoms with van der Waals surface area (Å²) in [6.45, 7) is 1.67. The fourth-order valence-electron chi connectivity index (χ4n) is 0.0500. The standard InChI is InChI=1S/C3H8N2O.ClH/c1-3(4-2)5-6;/h6H,1-2H3,(H,4,5);1H. The molecule has 0 amide bonds. The van der Waals surface area contributed by atoms with E-state index in [-0.39, 0.29) is 12.4 Å². The van der Waals surface area contributed by atoms with E-state index in [1.54, 1.807) is 14.0 Å². The van der Waals surface area contributed by atoms with Crippen LogP contribution in [0.5, 0.6) is 0 Å². The van der Waals surface area contributed by atoms with E-state index in [1.807, 2.05) is 5.48 Å². The van der Waals surface area contributed by atoms with E-state index in [9.17, 15) is 0 Å². The molecule has 0 spiro atoms. The normalized spacial score (nSPS) is 9.86. The van der Waals surface area contributed by atoms with Crippen LogP contribution in [0.3, 0.4) is 0 Å². The molecule has 3 nitrogen and oxygen atoms in total. The van der Waals surface area contributed by atoms with Crippen molar-refractivity contribution >= 4 is 18.2 Å². The van der Waals surface area contributed by atoms with Crippen LogP contribution in [0.25, 0.3) is 0 Å². The molecule has 0 bridgehead atoms. The lowest BCUT2D eigenvalue weighted by Gasteiger charge is -1.88. The molecular formula is C3H9ClN2O. The highest BCUT2D eigenvalue weighted by Crippen LogP contribution is 1.58. The fraction of sp³-hybridized carbons (Fsp3) is 0.667. The zero-order valence-corrected chi connectivity index (χ0v) is 5.12. The van der Waals surface area contributed by atoms with Crippen molar-refractivity contribution in [2.45, 2.75) is 6.92 Å². The predicted molar refractivity (Wildman–Crippen MR) is 31.2 cm³/mol. The molecule has 0 aromatic carbocycles. The number of nitrogens with zero attached hydrogens (tertiary/aromatic N) is 1. The number of amidine groups is 1. The van der Waals surface area contributed by atoms with E-state index in [4.69, 9.17) is 5.21 Å². The molecule has 0 aromatic rings. The molecular weight excluding hydrogens is 115 g/mol. The van der Waals surface area contributed by atoms with Gasteiger partial charge in [0.25, 0.3) is 0 Å². The van der Waals surface area contributed by atoms with Crippen molar-refractivity contribution in [3.63, 3.8) is 0 Å². The zero-order valence-electron chi connectivity index (χ0n) is 4.30. The Kier molecular flexibility index (Phi) is 8.06. The Balaban J connectivity index is 0. The van der Waals surface area contributed by atoms with E-state index in [0.717, 1.165) is 0 Å². The summed E-state index contributed by atoms with van der Waals surface area (Å²) < 4.78 is 0. The molecule has 0 aromatic heterocycles. The molecule has 0 fully saturated rings. The maximum absolute atomic E-state index is 7.95. The van der Waals surface area contributed by atoms with Crippen LogP contribution < -0.4 is 5.48 Å². The van der Waals surface area contributed by atoms with Crippen LogP contribution in [0, 0.1) is 0 Å². The molecule has 0 heterocycles. The number of nitrogens with one attached hydrogen (secondary N) is 1. The molecule has 4 heteroatoms. The SMILES string of the molecule is CN=C(C)NO.Cl. The third-order valence-electron chi connectivity index (χ3n) is 0.497. The van der Waals surface area contributed by atoms with Gasteiger partial charge in [-0.25, -0.2) is 0 Å². The van der Waals surface area contributed by atoms with Crippen LogP contribution >= 0.6 is 12.4 Å². The lowest BCUT2D eigenvalue weighted by atomic mass is 10.7. The smallest absolute Gasteiger partial charge is 0.117 e. The van der Waals surface area contributed by atoms with Crippen molar-refractivity contribution in [2.75, 3.05) is 7.05 Å². The molecule has 0 saturated heterocycles. The second-order valence-corrected chi connectivity index (χ2v) is 0.921. The van der Waals surface area contributed by atoms with Crippen LogP contribution in [0.15, 0.2) is 4.99 Å². The summed E-state index contributed by atoms with van der Waals surface area (Å²) >= 11 is 0. The molecule has 2 N–H and O–H groups in total. The Bertz CT molecular complexity index is 64.0. The molecule has 44 valence electrons.